The van der Waals surface area contributed by atoms with E-state index in [0.29, 0.717) is 0 Å². The van der Waals surface area contributed by atoms with Crippen LogP contribution in [-0.2, 0) is 0 Å². The van der Waals surface area contributed by atoms with Crippen molar-refractivity contribution in [3.63, 3.8) is 0 Å². The number of benzene rings is 2. The minimum absolute atomic E-state index is 1.16. The van der Waals surface area contributed by atoms with Crippen molar-refractivity contribution in [2.24, 2.45) is 0 Å². The van der Waals surface area contributed by atoms with Crippen LogP contribution in [0.2, 0.25) is 0 Å². The molecule has 0 bridgehead atoms. The maximum Gasteiger partial charge on any atom is 0.0346 e. The molecule has 0 saturated heterocycles. The third kappa shape index (κ3) is 1.74. The van der Waals surface area contributed by atoms with Crippen molar-refractivity contribution in [2.45, 2.75) is 0 Å². The third-order valence-electron chi connectivity index (χ3n) is 3.63. The quantitative estimate of drug-likeness (QED) is 0.503. The van der Waals surface area contributed by atoms with Crippen LogP contribution >= 0.6 is 0 Å². The number of fused-ring (bicyclic) bond motifs is 2. The summed E-state index contributed by atoms with van der Waals surface area (Å²) in [6.45, 7) is 0. The summed E-state index contributed by atoms with van der Waals surface area (Å²) in [5.41, 5.74) is 2.44. The Labute approximate surface area is 116 Å². The van der Waals surface area contributed by atoms with Gasteiger partial charge < -0.3 is 0 Å². The largest absolute Gasteiger partial charge is 0.264 e. The summed E-state index contributed by atoms with van der Waals surface area (Å²) in [4.78, 5) is 8.39. The number of rotatable bonds is 1. The summed E-state index contributed by atoms with van der Waals surface area (Å²) in [5.74, 6) is 0. The molecule has 0 aliphatic carbocycles. The van der Waals surface area contributed by atoms with Gasteiger partial charge >= 0.3 is 0 Å². The van der Waals surface area contributed by atoms with Gasteiger partial charge in [0.1, 0.15) is 0 Å². The van der Waals surface area contributed by atoms with Crippen LogP contribution < -0.4 is 0 Å². The molecule has 94 valence electrons. The van der Waals surface area contributed by atoms with Gasteiger partial charge in [0.15, 0.2) is 0 Å². The van der Waals surface area contributed by atoms with Gasteiger partial charge in [0, 0.05) is 35.6 Å². The fourth-order valence-electron chi connectivity index (χ4n) is 2.63. The average molecular weight is 256 g/mol. The van der Waals surface area contributed by atoms with Gasteiger partial charge in [-0.1, -0.05) is 30.3 Å². The molecule has 0 atom stereocenters. The predicted molar refractivity (Wildman–Crippen MR) is 82.5 cm³/mol. The van der Waals surface area contributed by atoms with Crippen LogP contribution in [-0.4, -0.2) is 9.97 Å². The summed E-state index contributed by atoms with van der Waals surface area (Å²) in [6, 6.07) is 16.9. The molecule has 2 heteroatoms. The average Bonchev–Trinajstić information content (AvgIpc) is 2.54. The summed E-state index contributed by atoms with van der Waals surface area (Å²) >= 11 is 0. The monoisotopic (exact) mass is 256 g/mol. The molecular weight excluding hydrogens is 244 g/mol. The second-order valence-electron chi connectivity index (χ2n) is 4.84. The first-order valence-electron chi connectivity index (χ1n) is 6.59. The predicted octanol–water partition coefficient (Wildman–Crippen LogP) is 4.45. The standard InChI is InChI=1S/C18H12N2/c1-2-15-11-20-9-7-18(15)17(3-1)14-5-4-13-6-8-19-12-16(13)10-14/h1-12H. The van der Waals surface area contributed by atoms with Crippen molar-refractivity contribution in [2.75, 3.05) is 0 Å². The maximum atomic E-state index is 4.20. The van der Waals surface area contributed by atoms with Crippen LogP contribution in [0.15, 0.2) is 73.3 Å². The van der Waals surface area contributed by atoms with Crippen molar-refractivity contribution in [1.82, 2.24) is 9.97 Å². The Morgan fingerprint density at radius 2 is 1.50 bits per heavy atom. The van der Waals surface area contributed by atoms with Crippen LogP contribution in [0.5, 0.6) is 0 Å². The van der Waals surface area contributed by atoms with Gasteiger partial charge in [-0.3, -0.25) is 9.97 Å². The normalized spacial score (nSPS) is 11.0. The number of hydrogen-bond donors (Lipinski definition) is 0. The first kappa shape index (κ1) is 11.1. The van der Waals surface area contributed by atoms with E-state index < -0.39 is 0 Å². The molecule has 2 aromatic heterocycles. The number of nitrogens with zero attached hydrogens (tertiary/aromatic N) is 2. The molecule has 2 heterocycles. The molecule has 2 aromatic carbocycles. The van der Waals surface area contributed by atoms with Crippen molar-refractivity contribution < 1.29 is 0 Å². The lowest BCUT2D eigenvalue weighted by molar-refractivity contribution is 1.36. The van der Waals surface area contributed by atoms with E-state index in [4.69, 9.17) is 0 Å². The molecule has 20 heavy (non-hydrogen) atoms. The smallest absolute Gasteiger partial charge is 0.0346 e. The highest BCUT2D eigenvalue weighted by Gasteiger charge is 2.04. The van der Waals surface area contributed by atoms with Gasteiger partial charge in [-0.15, -0.1) is 0 Å². The Morgan fingerprint density at radius 3 is 2.45 bits per heavy atom. The summed E-state index contributed by atoms with van der Waals surface area (Å²) < 4.78 is 0. The molecule has 0 amide bonds. The van der Waals surface area contributed by atoms with Crippen molar-refractivity contribution >= 4 is 21.5 Å². The highest BCUT2D eigenvalue weighted by Crippen LogP contribution is 2.30. The first-order chi connectivity index (χ1) is 9.92. The van der Waals surface area contributed by atoms with Gasteiger partial charge in [-0.2, -0.15) is 0 Å². The van der Waals surface area contributed by atoms with Crippen LogP contribution in [0.25, 0.3) is 32.7 Å². The summed E-state index contributed by atoms with van der Waals surface area (Å²) in [7, 11) is 0. The third-order valence-corrected chi connectivity index (χ3v) is 3.63. The fourth-order valence-corrected chi connectivity index (χ4v) is 2.63. The van der Waals surface area contributed by atoms with E-state index in [-0.39, 0.29) is 0 Å². The minimum atomic E-state index is 1.16. The van der Waals surface area contributed by atoms with E-state index in [0.717, 1.165) is 10.8 Å². The van der Waals surface area contributed by atoms with E-state index >= 15 is 0 Å². The molecule has 0 N–H and O–H groups in total. The molecule has 4 rings (SSSR count). The Balaban J connectivity index is 2.01. The number of pyridine rings is 2. The zero-order chi connectivity index (χ0) is 13.4. The fraction of sp³-hybridized carbons (Fsp3) is 0. The van der Waals surface area contributed by atoms with Crippen molar-refractivity contribution in [3.8, 4) is 11.1 Å². The highest BCUT2D eigenvalue weighted by atomic mass is 14.6. The molecule has 0 saturated carbocycles. The van der Waals surface area contributed by atoms with Crippen molar-refractivity contribution in [1.29, 1.82) is 0 Å². The van der Waals surface area contributed by atoms with Crippen LogP contribution in [0.3, 0.4) is 0 Å². The van der Waals surface area contributed by atoms with E-state index in [1.165, 1.54) is 21.9 Å². The van der Waals surface area contributed by atoms with Gasteiger partial charge in [-0.05, 0) is 40.1 Å². The van der Waals surface area contributed by atoms with Gasteiger partial charge in [-0.25, -0.2) is 0 Å². The Morgan fingerprint density at radius 1 is 0.650 bits per heavy atom. The molecule has 0 spiro atoms. The Bertz CT molecular complexity index is 908. The second kappa shape index (κ2) is 4.42. The maximum absolute atomic E-state index is 4.20. The molecule has 0 aliphatic heterocycles. The molecule has 2 nitrogen and oxygen atoms in total. The Kier molecular flexibility index (Phi) is 2.46. The molecule has 0 aliphatic rings. The van der Waals surface area contributed by atoms with E-state index in [9.17, 15) is 0 Å². The summed E-state index contributed by atoms with van der Waals surface area (Å²) in [5, 5.41) is 4.77. The first-order valence-corrected chi connectivity index (χ1v) is 6.59. The topological polar surface area (TPSA) is 25.8 Å². The number of aromatic nitrogens is 2. The lowest BCUT2D eigenvalue weighted by Crippen LogP contribution is -1.83. The van der Waals surface area contributed by atoms with Gasteiger partial charge in [0.25, 0.3) is 0 Å². The van der Waals surface area contributed by atoms with Crippen LogP contribution in [0.4, 0.5) is 0 Å². The van der Waals surface area contributed by atoms with E-state index in [1.807, 2.05) is 30.9 Å². The molecular formula is C18H12N2. The highest BCUT2D eigenvalue weighted by molar-refractivity contribution is 5.98. The second-order valence-corrected chi connectivity index (χ2v) is 4.84. The Hall–Kier alpha value is -2.74. The molecule has 0 radical (unpaired) electrons. The van der Waals surface area contributed by atoms with Crippen LogP contribution in [0, 0.1) is 0 Å². The SMILES string of the molecule is c1cc(-c2ccc3ccncc3c2)c2ccncc2c1. The lowest BCUT2D eigenvalue weighted by atomic mass is 9.98. The zero-order valence-electron chi connectivity index (χ0n) is 10.8. The van der Waals surface area contributed by atoms with Gasteiger partial charge in [0.2, 0.25) is 0 Å². The zero-order valence-corrected chi connectivity index (χ0v) is 10.8. The van der Waals surface area contributed by atoms with E-state index in [1.54, 1.807) is 0 Å². The van der Waals surface area contributed by atoms with E-state index in [2.05, 4.69) is 52.4 Å². The number of hydrogen-bond acceptors (Lipinski definition) is 2. The van der Waals surface area contributed by atoms with Crippen LogP contribution in [0.1, 0.15) is 0 Å². The summed E-state index contributed by atoms with van der Waals surface area (Å²) in [6.07, 6.45) is 7.48. The molecule has 0 unspecified atom stereocenters. The van der Waals surface area contributed by atoms with Gasteiger partial charge in [0.05, 0.1) is 0 Å². The minimum Gasteiger partial charge on any atom is -0.264 e. The lowest BCUT2D eigenvalue weighted by Gasteiger charge is -2.07. The van der Waals surface area contributed by atoms with Crippen molar-refractivity contribution in [3.05, 3.63) is 73.3 Å². The molecule has 4 aromatic rings. The molecule has 0 fully saturated rings.